The summed E-state index contributed by atoms with van der Waals surface area (Å²) < 4.78 is 43.0. The van der Waals surface area contributed by atoms with Gasteiger partial charge in [-0.1, -0.05) is 0 Å². The van der Waals surface area contributed by atoms with Gasteiger partial charge in [-0.2, -0.15) is 13.2 Å². The van der Waals surface area contributed by atoms with Crippen molar-refractivity contribution in [2.75, 3.05) is 6.61 Å². The quantitative estimate of drug-likeness (QED) is 0.626. The third-order valence-electron chi connectivity index (χ3n) is 3.71. The summed E-state index contributed by atoms with van der Waals surface area (Å²) in [4.78, 5) is 3.87. The normalized spacial score (nSPS) is 20.7. The maximum Gasteiger partial charge on any atom is 0.417 e. The maximum atomic E-state index is 12.5. The van der Waals surface area contributed by atoms with E-state index in [0.29, 0.717) is 18.2 Å². The van der Waals surface area contributed by atoms with E-state index < -0.39 is 11.7 Å². The minimum Gasteiger partial charge on any atom is -0.378 e. The summed E-state index contributed by atoms with van der Waals surface area (Å²) in [6.07, 6.45) is 1.53. The number of nitrogens with zero attached hydrogens (tertiary/aromatic N) is 1. The number of nitrogens with two attached hydrogens (primary N) is 1. The number of ether oxygens (including phenoxy) is 1. The highest BCUT2D eigenvalue weighted by Crippen LogP contribution is 2.29. The molecule has 118 valence electrons. The molecule has 2 heterocycles. The standard InChI is InChI=1S/C14H20F3N3O/c15-14(16,17)10-6-7-12(19-9-10)13(20-18)5-1-3-11-4-2-8-21-11/h6-7,9,11,13,20H,1-5,8,18H2. The van der Waals surface area contributed by atoms with Crippen LogP contribution in [0.15, 0.2) is 18.3 Å². The molecule has 1 aliphatic heterocycles. The molecule has 1 aromatic heterocycles. The van der Waals surface area contributed by atoms with Crippen LogP contribution in [0.4, 0.5) is 13.2 Å². The molecule has 1 aromatic rings. The number of pyridine rings is 1. The summed E-state index contributed by atoms with van der Waals surface area (Å²) >= 11 is 0. The first kappa shape index (κ1) is 16.2. The number of hydrazine groups is 1. The molecule has 2 unspecified atom stereocenters. The number of hydrogen-bond donors (Lipinski definition) is 2. The van der Waals surface area contributed by atoms with E-state index in [9.17, 15) is 13.2 Å². The van der Waals surface area contributed by atoms with Gasteiger partial charge in [0.05, 0.1) is 23.4 Å². The summed E-state index contributed by atoms with van der Waals surface area (Å²) in [5.74, 6) is 5.48. The average Bonchev–Trinajstić information content (AvgIpc) is 2.96. The molecule has 1 fully saturated rings. The van der Waals surface area contributed by atoms with Crippen molar-refractivity contribution in [3.05, 3.63) is 29.6 Å². The summed E-state index contributed by atoms with van der Waals surface area (Å²) in [7, 11) is 0. The molecule has 2 atom stereocenters. The Balaban J connectivity index is 1.87. The van der Waals surface area contributed by atoms with Crippen LogP contribution in [0.2, 0.25) is 0 Å². The van der Waals surface area contributed by atoms with Gasteiger partial charge in [0.1, 0.15) is 0 Å². The van der Waals surface area contributed by atoms with Gasteiger partial charge in [-0.3, -0.25) is 16.3 Å². The van der Waals surface area contributed by atoms with E-state index in [2.05, 4.69) is 10.4 Å². The van der Waals surface area contributed by atoms with Crippen LogP contribution < -0.4 is 11.3 Å². The topological polar surface area (TPSA) is 60.2 Å². The number of hydrogen-bond acceptors (Lipinski definition) is 4. The minimum atomic E-state index is -4.36. The molecule has 0 radical (unpaired) electrons. The van der Waals surface area contributed by atoms with Gasteiger partial charge in [-0.15, -0.1) is 0 Å². The van der Waals surface area contributed by atoms with Crippen molar-refractivity contribution < 1.29 is 17.9 Å². The summed E-state index contributed by atoms with van der Waals surface area (Å²) in [6.45, 7) is 0.823. The Hall–Kier alpha value is -1.18. The van der Waals surface area contributed by atoms with Crippen LogP contribution in [-0.2, 0) is 10.9 Å². The Bertz CT molecular complexity index is 430. The van der Waals surface area contributed by atoms with Crippen molar-refractivity contribution >= 4 is 0 Å². The largest absolute Gasteiger partial charge is 0.417 e. The lowest BCUT2D eigenvalue weighted by Gasteiger charge is -2.17. The zero-order chi connectivity index (χ0) is 15.3. The SMILES string of the molecule is NNC(CCCC1CCCO1)c1ccc(C(F)(F)F)cn1. The molecule has 3 N–H and O–H groups in total. The molecule has 2 rings (SSSR count). The van der Waals surface area contributed by atoms with E-state index in [1.54, 1.807) is 0 Å². The molecular weight excluding hydrogens is 283 g/mol. The van der Waals surface area contributed by atoms with Crippen LogP contribution in [0.25, 0.3) is 0 Å². The Morgan fingerprint density at radius 3 is 2.76 bits per heavy atom. The van der Waals surface area contributed by atoms with E-state index in [4.69, 9.17) is 10.6 Å². The predicted octanol–water partition coefficient (Wildman–Crippen LogP) is 2.95. The van der Waals surface area contributed by atoms with Crippen molar-refractivity contribution in [1.29, 1.82) is 0 Å². The van der Waals surface area contributed by atoms with Crippen molar-refractivity contribution in [1.82, 2.24) is 10.4 Å². The summed E-state index contributed by atoms with van der Waals surface area (Å²) in [6, 6.07) is 2.17. The van der Waals surface area contributed by atoms with Gasteiger partial charge in [-0.05, 0) is 44.2 Å². The fraction of sp³-hybridized carbons (Fsp3) is 0.643. The molecular formula is C14H20F3N3O. The molecule has 0 bridgehead atoms. The number of halogens is 3. The predicted molar refractivity (Wildman–Crippen MR) is 72.1 cm³/mol. The lowest BCUT2D eigenvalue weighted by atomic mass is 10.0. The van der Waals surface area contributed by atoms with Gasteiger partial charge in [0.2, 0.25) is 0 Å². The zero-order valence-electron chi connectivity index (χ0n) is 11.7. The van der Waals surface area contributed by atoms with Gasteiger partial charge in [0, 0.05) is 12.8 Å². The highest BCUT2D eigenvalue weighted by Gasteiger charge is 2.31. The van der Waals surface area contributed by atoms with Gasteiger partial charge in [-0.25, -0.2) is 0 Å². The van der Waals surface area contributed by atoms with Crippen molar-refractivity contribution in [2.24, 2.45) is 5.84 Å². The number of nitrogens with one attached hydrogen (secondary N) is 1. The highest BCUT2D eigenvalue weighted by atomic mass is 19.4. The van der Waals surface area contributed by atoms with E-state index in [1.165, 1.54) is 6.07 Å². The first-order chi connectivity index (χ1) is 10.0. The van der Waals surface area contributed by atoms with Gasteiger partial charge in [0.15, 0.2) is 0 Å². The monoisotopic (exact) mass is 303 g/mol. The molecule has 1 saturated heterocycles. The van der Waals surface area contributed by atoms with E-state index in [-0.39, 0.29) is 6.04 Å². The first-order valence-electron chi connectivity index (χ1n) is 7.11. The summed E-state index contributed by atoms with van der Waals surface area (Å²) in [5.41, 5.74) is 2.39. The number of alkyl halides is 3. The Morgan fingerprint density at radius 2 is 2.24 bits per heavy atom. The van der Waals surface area contributed by atoms with Gasteiger partial charge >= 0.3 is 6.18 Å². The number of rotatable bonds is 6. The van der Waals surface area contributed by atoms with Crippen molar-refractivity contribution in [3.8, 4) is 0 Å². The van der Waals surface area contributed by atoms with Crippen LogP contribution in [-0.4, -0.2) is 17.7 Å². The third-order valence-corrected chi connectivity index (χ3v) is 3.71. The first-order valence-corrected chi connectivity index (χ1v) is 7.11. The van der Waals surface area contributed by atoms with Gasteiger partial charge in [0.25, 0.3) is 0 Å². The second kappa shape index (κ2) is 7.20. The van der Waals surface area contributed by atoms with Crippen LogP contribution in [0.1, 0.15) is 49.4 Å². The molecule has 0 aliphatic carbocycles. The van der Waals surface area contributed by atoms with Gasteiger partial charge < -0.3 is 4.74 Å². The molecule has 1 aliphatic rings. The Morgan fingerprint density at radius 1 is 1.43 bits per heavy atom. The molecule has 4 nitrogen and oxygen atoms in total. The third kappa shape index (κ3) is 4.66. The zero-order valence-corrected chi connectivity index (χ0v) is 11.7. The fourth-order valence-corrected chi connectivity index (χ4v) is 2.52. The lowest BCUT2D eigenvalue weighted by Crippen LogP contribution is -2.29. The van der Waals surface area contributed by atoms with E-state index in [0.717, 1.165) is 44.6 Å². The second-order valence-electron chi connectivity index (χ2n) is 5.25. The molecule has 0 saturated carbocycles. The molecule has 0 spiro atoms. The smallest absolute Gasteiger partial charge is 0.378 e. The summed E-state index contributed by atoms with van der Waals surface area (Å²) in [5, 5.41) is 0. The van der Waals surface area contributed by atoms with Crippen LogP contribution in [0.3, 0.4) is 0 Å². The lowest BCUT2D eigenvalue weighted by molar-refractivity contribution is -0.137. The van der Waals surface area contributed by atoms with Crippen molar-refractivity contribution in [2.45, 2.75) is 50.4 Å². The fourth-order valence-electron chi connectivity index (χ4n) is 2.52. The Kier molecular flexibility index (Phi) is 5.55. The van der Waals surface area contributed by atoms with Crippen LogP contribution in [0, 0.1) is 0 Å². The average molecular weight is 303 g/mol. The van der Waals surface area contributed by atoms with Crippen LogP contribution >= 0.6 is 0 Å². The molecule has 7 heteroatoms. The van der Waals surface area contributed by atoms with E-state index in [1.807, 2.05) is 0 Å². The van der Waals surface area contributed by atoms with E-state index >= 15 is 0 Å². The molecule has 0 amide bonds. The second-order valence-corrected chi connectivity index (χ2v) is 5.25. The highest BCUT2D eigenvalue weighted by molar-refractivity contribution is 5.18. The minimum absolute atomic E-state index is 0.242. The maximum absolute atomic E-state index is 12.5. The number of aromatic nitrogens is 1. The molecule has 0 aromatic carbocycles. The van der Waals surface area contributed by atoms with Crippen molar-refractivity contribution in [3.63, 3.8) is 0 Å². The molecule has 21 heavy (non-hydrogen) atoms. The van der Waals surface area contributed by atoms with Crippen LogP contribution in [0.5, 0.6) is 0 Å². The Labute approximate surface area is 121 Å².